The van der Waals surface area contributed by atoms with E-state index in [1.54, 1.807) is 0 Å². The van der Waals surface area contributed by atoms with E-state index in [0.717, 1.165) is 6.54 Å². The summed E-state index contributed by atoms with van der Waals surface area (Å²) in [4.78, 5) is 2.55. The van der Waals surface area contributed by atoms with Gasteiger partial charge in [-0.05, 0) is 52.1 Å². The molecule has 0 aliphatic heterocycles. The second kappa shape index (κ2) is 5.16. The van der Waals surface area contributed by atoms with Gasteiger partial charge < -0.3 is 0 Å². The largest absolute Gasteiger partial charge is 0.299 e. The van der Waals surface area contributed by atoms with Crippen molar-refractivity contribution in [2.24, 2.45) is 5.41 Å². The summed E-state index contributed by atoms with van der Waals surface area (Å²) in [5, 5.41) is 0. The van der Waals surface area contributed by atoms with E-state index in [0.29, 0.717) is 11.0 Å². The number of rotatable bonds is 4. The Morgan fingerprint density at radius 2 is 1.43 bits per heavy atom. The van der Waals surface area contributed by atoms with Crippen molar-refractivity contribution < 1.29 is 0 Å². The molecule has 0 bridgehead atoms. The second-order valence-electron chi connectivity index (χ2n) is 6.41. The van der Waals surface area contributed by atoms with E-state index in [9.17, 15) is 0 Å². The van der Waals surface area contributed by atoms with Crippen LogP contribution in [0.25, 0.3) is 0 Å². The first-order valence-electron chi connectivity index (χ1n) is 5.92. The molecule has 0 radical (unpaired) electrons. The smallest absolute Gasteiger partial charge is 0.0124 e. The molecule has 0 rings (SSSR count). The van der Waals surface area contributed by atoms with Crippen LogP contribution < -0.4 is 0 Å². The zero-order valence-corrected chi connectivity index (χ0v) is 11.3. The van der Waals surface area contributed by atoms with E-state index in [-0.39, 0.29) is 0 Å². The topological polar surface area (TPSA) is 3.24 Å². The van der Waals surface area contributed by atoms with Gasteiger partial charge in [-0.1, -0.05) is 27.7 Å². The molecule has 86 valence electrons. The van der Waals surface area contributed by atoms with Crippen LogP contribution in [0.4, 0.5) is 0 Å². The fourth-order valence-electron chi connectivity index (χ4n) is 1.77. The van der Waals surface area contributed by atoms with E-state index in [2.05, 4.69) is 53.4 Å². The Morgan fingerprint density at radius 3 is 1.71 bits per heavy atom. The predicted molar refractivity (Wildman–Crippen MR) is 65.7 cm³/mol. The van der Waals surface area contributed by atoms with Gasteiger partial charge in [-0.15, -0.1) is 0 Å². The zero-order valence-electron chi connectivity index (χ0n) is 11.3. The van der Waals surface area contributed by atoms with Crippen molar-refractivity contribution in [1.29, 1.82) is 0 Å². The lowest BCUT2D eigenvalue weighted by Crippen LogP contribution is -2.41. The van der Waals surface area contributed by atoms with Crippen LogP contribution in [0, 0.1) is 5.41 Å². The molecular weight excluding hydrogens is 170 g/mol. The Kier molecular flexibility index (Phi) is 5.14. The third kappa shape index (κ3) is 6.42. The van der Waals surface area contributed by atoms with Crippen LogP contribution in [-0.2, 0) is 0 Å². The van der Waals surface area contributed by atoms with E-state index in [4.69, 9.17) is 0 Å². The van der Waals surface area contributed by atoms with Gasteiger partial charge in [0, 0.05) is 5.54 Å². The molecule has 0 heterocycles. The summed E-state index contributed by atoms with van der Waals surface area (Å²) in [6.45, 7) is 18.5. The summed E-state index contributed by atoms with van der Waals surface area (Å²) in [6.07, 6.45) is 2.63. The average molecular weight is 199 g/mol. The van der Waals surface area contributed by atoms with Crippen LogP contribution >= 0.6 is 0 Å². The van der Waals surface area contributed by atoms with Crippen LogP contribution in [0.15, 0.2) is 0 Å². The van der Waals surface area contributed by atoms with Crippen molar-refractivity contribution in [2.75, 3.05) is 13.1 Å². The normalized spacial score (nSPS) is 13.7. The second-order valence-corrected chi connectivity index (χ2v) is 6.41. The van der Waals surface area contributed by atoms with Crippen molar-refractivity contribution in [3.8, 4) is 0 Å². The average Bonchev–Trinajstić information content (AvgIpc) is 1.93. The zero-order chi connectivity index (χ0) is 11.4. The van der Waals surface area contributed by atoms with Crippen molar-refractivity contribution >= 4 is 0 Å². The van der Waals surface area contributed by atoms with Crippen LogP contribution in [-0.4, -0.2) is 23.5 Å². The summed E-state index contributed by atoms with van der Waals surface area (Å²) in [5.41, 5.74) is 0.809. The molecule has 0 aliphatic carbocycles. The van der Waals surface area contributed by atoms with Crippen molar-refractivity contribution in [3.63, 3.8) is 0 Å². The third-order valence-electron chi connectivity index (χ3n) is 2.69. The van der Waals surface area contributed by atoms with Crippen LogP contribution in [0.3, 0.4) is 0 Å². The van der Waals surface area contributed by atoms with Crippen LogP contribution in [0.1, 0.15) is 61.3 Å². The summed E-state index contributed by atoms with van der Waals surface area (Å²) in [5.74, 6) is 0. The Hall–Kier alpha value is -0.0400. The minimum absolute atomic E-state index is 0.326. The van der Waals surface area contributed by atoms with Crippen molar-refractivity contribution in [3.05, 3.63) is 0 Å². The van der Waals surface area contributed by atoms with Gasteiger partial charge in [0.1, 0.15) is 0 Å². The standard InChI is InChI=1S/C13H29N/c1-8-14(13(5,6)7)11-9-10-12(2,3)4/h8-11H2,1-7H3. The van der Waals surface area contributed by atoms with Gasteiger partial charge in [0.05, 0.1) is 0 Å². The van der Waals surface area contributed by atoms with Crippen molar-refractivity contribution in [2.45, 2.75) is 66.8 Å². The SMILES string of the molecule is CCN(CCCC(C)(C)C)C(C)(C)C. The number of hydrogen-bond acceptors (Lipinski definition) is 1. The molecule has 0 N–H and O–H groups in total. The summed E-state index contributed by atoms with van der Waals surface area (Å²) >= 11 is 0. The summed E-state index contributed by atoms with van der Waals surface area (Å²) < 4.78 is 0. The Bertz CT molecular complexity index is 148. The van der Waals surface area contributed by atoms with Gasteiger partial charge in [0.15, 0.2) is 0 Å². The Morgan fingerprint density at radius 1 is 0.929 bits per heavy atom. The monoisotopic (exact) mass is 199 g/mol. The highest BCUT2D eigenvalue weighted by atomic mass is 15.2. The molecule has 0 aromatic rings. The van der Waals surface area contributed by atoms with Gasteiger partial charge in [-0.2, -0.15) is 0 Å². The van der Waals surface area contributed by atoms with E-state index in [1.165, 1.54) is 19.4 Å². The molecule has 1 nitrogen and oxygen atoms in total. The predicted octanol–water partition coefficient (Wildman–Crippen LogP) is 3.93. The first kappa shape index (κ1) is 14.0. The quantitative estimate of drug-likeness (QED) is 0.663. The molecular formula is C13H29N. The first-order chi connectivity index (χ1) is 6.17. The lowest BCUT2D eigenvalue weighted by atomic mass is 9.90. The van der Waals surface area contributed by atoms with Crippen LogP contribution in [0.5, 0.6) is 0 Å². The van der Waals surface area contributed by atoms with Gasteiger partial charge in [0.2, 0.25) is 0 Å². The fourth-order valence-corrected chi connectivity index (χ4v) is 1.77. The molecule has 0 aliphatic rings. The first-order valence-corrected chi connectivity index (χ1v) is 5.92. The highest BCUT2D eigenvalue weighted by Gasteiger charge is 2.19. The van der Waals surface area contributed by atoms with Gasteiger partial charge in [-0.3, -0.25) is 4.90 Å². The molecule has 0 amide bonds. The Balaban J connectivity index is 3.87. The molecule has 1 heteroatoms. The van der Waals surface area contributed by atoms with Crippen molar-refractivity contribution in [1.82, 2.24) is 4.90 Å². The Labute approximate surface area is 90.9 Å². The highest BCUT2D eigenvalue weighted by molar-refractivity contribution is 4.75. The maximum absolute atomic E-state index is 2.55. The molecule has 14 heavy (non-hydrogen) atoms. The van der Waals surface area contributed by atoms with Crippen LogP contribution in [0.2, 0.25) is 0 Å². The van der Waals surface area contributed by atoms with E-state index >= 15 is 0 Å². The maximum Gasteiger partial charge on any atom is 0.0124 e. The molecule has 0 fully saturated rings. The van der Waals surface area contributed by atoms with E-state index in [1.807, 2.05) is 0 Å². The van der Waals surface area contributed by atoms with E-state index < -0.39 is 0 Å². The lowest BCUT2D eigenvalue weighted by molar-refractivity contribution is 0.136. The molecule has 0 saturated carbocycles. The molecule has 0 aromatic heterocycles. The molecule has 0 unspecified atom stereocenters. The minimum Gasteiger partial charge on any atom is -0.299 e. The summed E-state index contributed by atoms with van der Waals surface area (Å²) in [6, 6.07) is 0. The molecule has 0 atom stereocenters. The molecule has 0 aromatic carbocycles. The molecule has 0 saturated heterocycles. The minimum atomic E-state index is 0.326. The number of hydrogen-bond donors (Lipinski definition) is 0. The van der Waals surface area contributed by atoms with Gasteiger partial charge >= 0.3 is 0 Å². The van der Waals surface area contributed by atoms with Gasteiger partial charge in [-0.25, -0.2) is 0 Å². The highest BCUT2D eigenvalue weighted by Crippen LogP contribution is 2.22. The number of nitrogens with zero attached hydrogens (tertiary/aromatic N) is 1. The van der Waals surface area contributed by atoms with Gasteiger partial charge in [0.25, 0.3) is 0 Å². The fraction of sp³-hybridized carbons (Fsp3) is 1.00. The molecule has 0 spiro atoms. The lowest BCUT2D eigenvalue weighted by Gasteiger charge is -2.35. The third-order valence-corrected chi connectivity index (χ3v) is 2.69. The summed E-state index contributed by atoms with van der Waals surface area (Å²) in [7, 11) is 0. The maximum atomic E-state index is 2.55.